The smallest absolute Gasteiger partial charge is 0.345 e. The fourth-order valence-electron chi connectivity index (χ4n) is 3.78. The Morgan fingerprint density at radius 3 is 2.29 bits per heavy atom. The van der Waals surface area contributed by atoms with Crippen molar-refractivity contribution in [2.45, 2.75) is 6.54 Å². The molecular formula is C27H17Cl2NO4. The quantitative estimate of drug-likeness (QED) is 0.246. The number of para-hydroxylation sites is 1. The van der Waals surface area contributed by atoms with Crippen LogP contribution in [0, 0.1) is 0 Å². The second-order valence-electron chi connectivity index (χ2n) is 7.62. The molecule has 0 aromatic heterocycles. The van der Waals surface area contributed by atoms with Crippen molar-refractivity contribution in [1.82, 2.24) is 0 Å². The minimum absolute atomic E-state index is 0.111. The van der Waals surface area contributed by atoms with E-state index in [9.17, 15) is 9.59 Å². The zero-order valence-corrected chi connectivity index (χ0v) is 19.2. The molecule has 0 aliphatic carbocycles. The Morgan fingerprint density at radius 1 is 0.735 bits per heavy atom. The highest BCUT2D eigenvalue weighted by atomic mass is 35.5. The van der Waals surface area contributed by atoms with Gasteiger partial charge < -0.3 is 14.8 Å². The first-order chi connectivity index (χ1) is 16.5. The maximum atomic E-state index is 12.9. The van der Waals surface area contributed by atoms with Gasteiger partial charge in [0.25, 0.3) is 0 Å². The molecule has 7 heteroatoms. The summed E-state index contributed by atoms with van der Waals surface area (Å²) < 4.78 is 11.4. The summed E-state index contributed by atoms with van der Waals surface area (Å²) in [6.45, 7) is 0.519. The Hall–Kier alpha value is -3.80. The zero-order chi connectivity index (χ0) is 23.7. The van der Waals surface area contributed by atoms with Crippen LogP contribution >= 0.6 is 23.2 Å². The highest BCUT2D eigenvalue weighted by molar-refractivity contribution is 6.33. The van der Waals surface area contributed by atoms with Crippen molar-refractivity contribution in [2.75, 3.05) is 5.32 Å². The van der Waals surface area contributed by atoms with Gasteiger partial charge in [-0.2, -0.15) is 0 Å². The van der Waals surface area contributed by atoms with E-state index in [1.165, 1.54) is 6.07 Å². The molecule has 168 valence electrons. The summed E-state index contributed by atoms with van der Waals surface area (Å²) in [4.78, 5) is 25.8. The highest BCUT2D eigenvalue weighted by Crippen LogP contribution is 2.42. The molecule has 0 unspecified atom stereocenters. The molecule has 0 saturated carbocycles. The van der Waals surface area contributed by atoms with Crippen LogP contribution < -0.4 is 14.8 Å². The lowest BCUT2D eigenvalue weighted by Crippen LogP contribution is -2.15. The summed E-state index contributed by atoms with van der Waals surface area (Å²) in [5.41, 5.74) is 4.16. The normalized spacial score (nSPS) is 11.6. The topological polar surface area (TPSA) is 64.6 Å². The number of ether oxygens (including phenoxy) is 2. The molecule has 1 aliphatic heterocycles. The van der Waals surface area contributed by atoms with Gasteiger partial charge in [0.2, 0.25) is 0 Å². The third kappa shape index (κ3) is 4.36. The molecule has 0 spiro atoms. The van der Waals surface area contributed by atoms with E-state index >= 15 is 0 Å². The van der Waals surface area contributed by atoms with Gasteiger partial charge in [0.05, 0.1) is 16.1 Å². The van der Waals surface area contributed by atoms with Gasteiger partial charge in [0.1, 0.15) is 0 Å². The van der Waals surface area contributed by atoms with Crippen molar-refractivity contribution >= 4 is 40.8 Å². The largest absolute Gasteiger partial charge is 0.419 e. The first kappa shape index (κ1) is 22.0. The zero-order valence-electron chi connectivity index (χ0n) is 17.7. The van der Waals surface area contributed by atoms with E-state index in [1.807, 2.05) is 24.3 Å². The van der Waals surface area contributed by atoms with Crippen LogP contribution in [-0.2, 0) is 6.54 Å². The standard InChI is InChI=1S/C27H17Cl2NO4/c28-18-7-5-6-16(12-18)26(31)33-25-14-21-17(15-30-23-11-4-2-8-19(21)23)13-24(25)34-27(32)20-9-1-3-10-22(20)29/h1-14,30H,15H2. The molecule has 0 fully saturated rings. The van der Waals surface area contributed by atoms with Crippen LogP contribution in [0.4, 0.5) is 5.69 Å². The fraction of sp³-hybridized carbons (Fsp3) is 0.0370. The number of hydrogen-bond donors (Lipinski definition) is 1. The third-order valence-corrected chi connectivity index (χ3v) is 5.98. The molecule has 0 radical (unpaired) electrons. The number of rotatable bonds is 4. The number of anilines is 1. The minimum Gasteiger partial charge on any atom is -0.419 e. The Kier molecular flexibility index (Phi) is 5.97. The average molecular weight is 490 g/mol. The van der Waals surface area contributed by atoms with Gasteiger partial charge in [-0.3, -0.25) is 0 Å². The van der Waals surface area contributed by atoms with Crippen molar-refractivity contribution in [3.63, 3.8) is 0 Å². The maximum Gasteiger partial charge on any atom is 0.345 e. The predicted octanol–water partition coefficient (Wildman–Crippen LogP) is 7.02. The molecule has 1 aliphatic rings. The second-order valence-corrected chi connectivity index (χ2v) is 8.47. The summed E-state index contributed by atoms with van der Waals surface area (Å²) in [5.74, 6) is -1.06. The van der Waals surface area contributed by atoms with Gasteiger partial charge in [-0.1, -0.05) is 59.6 Å². The number of fused-ring (bicyclic) bond motifs is 3. The molecule has 34 heavy (non-hydrogen) atoms. The van der Waals surface area contributed by atoms with Crippen molar-refractivity contribution < 1.29 is 19.1 Å². The van der Waals surface area contributed by atoms with Gasteiger partial charge in [-0.25, -0.2) is 9.59 Å². The first-order valence-corrected chi connectivity index (χ1v) is 11.2. The molecule has 4 aromatic rings. The molecule has 1 heterocycles. The predicted molar refractivity (Wildman–Crippen MR) is 132 cm³/mol. The van der Waals surface area contributed by atoms with Crippen LogP contribution in [0.2, 0.25) is 10.0 Å². The second kappa shape index (κ2) is 9.21. The van der Waals surface area contributed by atoms with Crippen molar-refractivity contribution in [3.8, 4) is 22.6 Å². The Bertz CT molecular complexity index is 1430. The fourth-order valence-corrected chi connectivity index (χ4v) is 4.18. The molecule has 0 bridgehead atoms. The van der Waals surface area contributed by atoms with Gasteiger partial charge >= 0.3 is 11.9 Å². The lowest BCUT2D eigenvalue weighted by molar-refractivity contribution is 0.0682. The van der Waals surface area contributed by atoms with Crippen LogP contribution in [0.15, 0.2) is 84.9 Å². The van der Waals surface area contributed by atoms with E-state index in [0.29, 0.717) is 11.6 Å². The lowest BCUT2D eigenvalue weighted by atomic mass is 9.94. The van der Waals surface area contributed by atoms with Gasteiger partial charge in [0.15, 0.2) is 11.5 Å². The molecule has 0 saturated heterocycles. The molecule has 4 aromatic carbocycles. The number of carbonyl (C=O) groups excluding carboxylic acids is 2. The van der Waals surface area contributed by atoms with Crippen molar-refractivity contribution in [3.05, 3.63) is 112 Å². The summed E-state index contributed by atoms with van der Waals surface area (Å²) in [6.07, 6.45) is 0. The van der Waals surface area contributed by atoms with E-state index in [2.05, 4.69) is 5.32 Å². The summed E-state index contributed by atoms with van der Waals surface area (Å²) in [6, 6.07) is 24.2. The summed E-state index contributed by atoms with van der Waals surface area (Å²) >= 11 is 12.2. The SMILES string of the molecule is O=C(Oc1cc2c(cc1OC(=O)c1ccccc1Cl)CNc1ccccc1-2)c1cccc(Cl)c1. The summed E-state index contributed by atoms with van der Waals surface area (Å²) in [5, 5.41) is 4.02. The monoisotopic (exact) mass is 489 g/mol. The van der Waals surface area contributed by atoms with E-state index in [0.717, 1.165) is 22.4 Å². The molecule has 1 N–H and O–H groups in total. The minimum atomic E-state index is -0.658. The van der Waals surface area contributed by atoms with Gasteiger partial charge in [-0.15, -0.1) is 0 Å². The molecular weight excluding hydrogens is 473 g/mol. The van der Waals surface area contributed by atoms with Crippen molar-refractivity contribution in [1.29, 1.82) is 0 Å². The third-order valence-electron chi connectivity index (χ3n) is 5.42. The molecule has 0 atom stereocenters. The van der Waals surface area contributed by atoms with Crippen LogP contribution in [0.1, 0.15) is 26.3 Å². The first-order valence-electron chi connectivity index (χ1n) is 10.4. The van der Waals surface area contributed by atoms with E-state index in [4.69, 9.17) is 32.7 Å². The number of carbonyl (C=O) groups is 2. The Labute approximate surface area is 205 Å². The average Bonchev–Trinajstić information content (AvgIpc) is 2.84. The maximum absolute atomic E-state index is 12.9. The molecule has 5 nitrogen and oxygen atoms in total. The van der Waals surface area contributed by atoms with Crippen LogP contribution in [-0.4, -0.2) is 11.9 Å². The number of esters is 2. The Morgan fingerprint density at radius 2 is 1.47 bits per heavy atom. The highest BCUT2D eigenvalue weighted by Gasteiger charge is 2.23. The van der Waals surface area contributed by atoms with Crippen LogP contribution in [0.3, 0.4) is 0 Å². The van der Waals surface area contributed by atoms with Gasteiger partial charge in [-0.05, 0) is 59.7 Å². The summed E-state index contributed by atoms with van der Waals surface area (Å²) in [7, 11) is 0. The van der Waals surface area contributed by atoms with Crippen LogP contribution in [0.25, 0.3) is 11.1 Å². The van der Waals surface area contributed by atoms with Gasteiger partial charge in [0, 0.05) is 22.8 Å². The Balaban J connectivity index is 1.56. The number of benzene rings is 4. The lowest BCUT2D eigenvalue weighted by Gasteiger charge is -2.23. The van der Waals surface area contributed by atoms with E-state index < -0.39 is 11.9 Å². The van der Waals surface area contributed by atoms with E-state index in [1.54, 1.807) is 54.6 Å². The number of halogens is 2. The van der Waals surface area contributed by atoms with Crippen molar-refractivity contribution in [2.24, 2.45) is 0 Å². The molecule has 5 rings (SSSR count). The van der Waals surface area contributed by atoms with Crippen LogP contribution in [0.5, 0.6) is 11.5 Å². The number of nitrogens with one attached hydrogen (secondary N) is 1. The number of hydrogen-bond acceptors (Lipinski definition) is 5. The molecule has 0 amide bonds. The van der Waals surface area contributed by atoms with E-state index in [-0.39, 0.29) is 27.6 Å².